The van der Waals surface area contributed by atoms with Crippen LogP contribution < -0.4 is 4.90 Å². The highest BCUT2D eigenvalue weighted by Gasteiger charge is 2.53. The Labute approximate surface area is 283 Å². The normalized spacial score (nSPS) is 28.1. The Bertz CT molecular complexity index is 1750. The molecule has 0 N–H and O–H groups in total. The fourth-order valence-corrected chi connectivity index (χ4v) is 8.27. The molecule has 0 saturated carbocycles. The minimum Gasteiger partial charge on any atom is -0.380 e. The summed E-state index contributed by atoms with van der Waals surface area (Å²) in [6.07, 6.45) is 0.867. The Morgan fingerprint density at radius 2 is 1.81 bits per heavy atom. The number of halogens is 4. The van der Waals surface area contributed by atoms with Crippen molar-refractivity contribution in [1.82, 2.24) is 20.0 Å². The number of hydrogen-bond acceptors (Lipinski definition) is 10. The Balaban J connectivity index is 1.13. The monoisotopic (exact) mass is 703 g/mol. The number of ether oxygens (including phenoxy) is 5. The summed E-state index contributed by atoms with van der Waals surface area (Å²) >= 11 is 13.6. The van der Waals surface area contributed by atoms with Crippen LogP contribution in [-0.2, 0) is 23.7 Å². The number of benzene rings is 2. The fraction of sp³-hybridized carbons (Fsp3) is 0.406. The maximum absolute atomic E-state index is 14.4. The second kappa shape index (κ2) is 12.5. The summed E-state index contributed by atoms with van der Waals surface area (Å²) in [4.78, 5) is 7.74. The quantitative estimate of drug-likeness (QED) is 0.215. The molecule has 6 atom stereocenters. The third kappa shape index (κ3) is 5.80. The molecule has 0 aliphatic carbocycles. The van der Waals surface area contributed by atoms with Gasteiger partial charge in [-0.25, -0.2) is 18.4 Å². The molecule has 6 heterocycles. The largest absolute Gasteiger partial charge is 0.380 e. The zero-order valence-corrected chi connectivity index (χ0v) is 27.3. The van der Waals surface area contributed by atoms with Crippen LogP contribution in [0.15, 0.2) is 65.8 Å². The summed E-state index contributed by atoms with van der Waals surface area (Å²) in [6.45, 7) is 3.43. The van der Waals surface area contributed by atoms with Gasteiger partial charge in [0.05, 0.1) is 41.4 Å². The maximum Gasteiger partial charge on any atom is 0.184 e. The molecule has 10 nitrogen and oxygen atoms in total. The molecule has 1 spiro atoms. The molecule has 0 radical (unpaired) electrons. The van der Waals surface area contributed by atoms with Gasteiger partial charge in [0.25, 0.3) is 0 Å². The van der Waals surface area contributed by atoms with Crippen LogP contribution >= 0.6 is 35.0 Å². The number of fused-ring (bicyclic) bond motifs is 1. The molecule has 2 aromatic heterocycles. The standard InChI is InChI=1S/C32H29Cl2F2N5O5S/c1-42-28-26(41-11-22(38-39-41)18-7-20(35)25(34)21(36)8-18)27-23(12-44-30(46-27)17-5-3-2-4-6-17)45-31(28)47-24-9-19(33)10-37-29(24)40-13-32(14-40)15-43-16-32/h2-11,23,26-28,30-31H,12-16H2,1H3. The number of hydrogen-bond donors (Lipinski definition) is 0. The Morgan fingerprint density at radius 1 is 1.04 bits per heavy atom. The van der Waals surface area contributed by atoms with Crippen molar-refractivity contribution in [3.63, 3.8) is 0 Å². The SMILES string of the molecule is COC1C(Sc2cc(Cl)cnc2N2CC3(COC3)C2)OC2COC(c3ccccc3)OC2C1n1cc(-c2cc(F)c(Cl)c(F)c2)nn1. The Morgan fingerprint density at radius 3 is 2.51 bits per heavy atom. The zero-order chi connectivity index (χ0) is 32.3. The molecule has 2 aromatic carbocycles. The molecule has 8 rings (SSSR count). The molecule has 246 valence electrons. The van der Waals surface area contributed by atoms with Crippen LogP contribution in [-0.4, -0.2) is 83.7 Å². The van der Waals surface area contributed by atoms with E-state index in [0.717, 1.165) is 54.7 Å². The molecular formula is C32H29Cl2F2N5O5S. The van der Waals surface area contributed by atoms with E-state index in [1.54, 1.807) is 24.2 Å². The van der Waals surface area contributed by atoms with Gasteiger partial charge in [-0.3, -0.25) is 0 Å². The van der Waals surface area contributed by atoms with Gasteiger partial charge in [0.15, 0.2) is 6.29 Å². The number of aromatic nitrogens is 4. The summed E-state index contributed by atoms with van der Waals surface area (Å²) in [5, 5.41) is 8.59. The van der Waals surface area contributed by atoms with Crippen molar-refractivity contribution in [2.24, 2.45) is 5.41 Å². The van der Waals surface area contributed by atoms with Crippen molar-refractivity contribution in [3.05, 3.63) is 88.2 Å². The first kappa shape index (κ1) is 31.4. The fourth-order valence-electron chi connectivity index (χ4n) is 6.60. The van der Waals surface area contributed by atoms with Crippen LogP contribution in [0.1, 0.15) is 17.9 Å². The van der Waals surface area contributed by atoms with Gasteiger partial charge in [0, 0.05) is 37.5 Å². The van der Waals surface area contributed by atoms with Crippen molar-refractivity contribution in [1.29, 1.82) is 0 Å². The lowest BCUT2D eigenvalue weighted by atomic mass is 9.78. The van der Waals surface area contributed by atoms with Gasteiger partial charge in [-0.1, -0.05) is 70.5 Å². The van der Waals surface area contributed by atoms with E-state index in [-0.39, 0.29) is 23.3 Å². The number of pyridine rings is 1. The Kier molecular flexibility index (Phi) is 8.37. The van der Waals surface area contributed by atoms with Crippen LogP contribution in [0.3, 0.4) is 0 Å². The van der Waals surface area contributed by atoms with E-state index in [2.05, 4.69) is 20.2 Å². The van der Waals surface area contributed by atoms with Crippen molar-refractivity contribution in [2.45, 2.75) is 41.0 Å². The lowest BCUT2D eigenvalue weighted by Gasteiger charge is -2.55. The third-order valence-electron chi connectivity index (χ3n) is 8.96. The van der Waals surface area contributed by atoms with E-state index in [4.69, 9.17) is 46.9 Å². The van der Waals surface area contributed by atoms with E-state index in [9.17, 15) is 8.78 Å². The van der Waals surface area contributed by atoms with E-state index in [1.807, 2.05) is 36.4 Å². The molecule has 47 heavy (non-hydrogen) atoms. The van der Waals surface area contributed by atoms with Crippen molar-refractivity contribution < 1.29 is 32.5 Å². The summed E-state index contributed by atoms with van der Waals surface area (Å²) < 4.78 is 61.4. The highest BCUT2D eigenvalue weighted by Crippen LogP contribution is 2.48. The highest BCUT2D eigenvalue weighted by molar-refractivity contribution is 8.00. The number of nitrogens with zero attached hydrogens (tertiary/aromatic N) is 5. The summed E-state index contributed by atoms with van der Waals surface area (Å²) in [5.41, 5.74) is 0.894. The minimum atomic E-state index is -0.893. The average Bonchev–Trinajstić information content (AvgIpc) is 3.52. The maximum atomic E-state index is 14.4. The topological polar surface area (TPSA) is 93.0 Å². The van der Waals surface area contributed by atoms with Crippen molar-refractivity contribution >= 4 is 40.8 Å². The van der Waals surface area contributed by atoms with Crippen LogP contribution in [0.5, 0.6) is 0 Å². The van der Waals surface area contributed by atoms with Gasteiger partial charge in [-0.2, -0.15) is 0 Å². The number of anilines is 1. The van der Waals surface area contributed by atoms with Gasteiger partial charge in [0.1, 0.15) is 58.0 Å². The lowest BCUT2D eigenvalue weighted by molar-refractivity contribution is -0.308. The zero-order valence-electron chi connectivity index (χ0n) is 25.0. The first-order valence-electron chi connectivity index (χ1n) is 15.0. The molecule has 4 saturated heterocycles. The predicted octanol–water partition coefficient (Wildman–Crippen LogP) is 5.95. The van der Waals surface area contributed by atoms with E-state index < -0.39 is 52.7 Å². The first-order chi connectivity index (χ1) is 22.8. The van der Waals surface area contributed by atoms with Gasteiger partial charge < -0.3 is 28.6 Å². The molecule has 4 fully saturated rings. The molecule has 0 amide bonds. The molecule has 0 bridgehead atoms. The summed E-state index contributed by atoms with van der Waals surface area (Å²) in [6, 6.07) is 13.1. The highest BCUT2D eigenvalue weighted by atomic mass is 35.5. The smallest absolute Gasteiger partial charge is 0.184 e. The van der Waals surface area contributed by atoms with Crippen LogP contribution in [0, 0.1) is 17.0 Å². The number of rotatable bonds is 7. The van der Waals surface area contributed by atoms with E-state index in [0.29, 0.717) is 5.02 Å². The van der Waals surface area contributed by atoms with Gasteiger partial charge in [-0.05, 0) is 18.2 Å². The summed E-state index contributed by atoms with van der Waals surface area (Å²) in [7, 11) is 1.59. The molecule has 6 unspecified atom stereocenters. The van der Waals surface area contributed by atoms with Crippen LogP contribution in [0.25, 0.3) is 11.3 Å². The Hall–Kier alpha value is -2.88. The van der Waals surface area contributed by atoms with Crippen LogP contribution in [0.2, 0.25) is 10.0 Å². The molecule has 15 heteroatoms. The second-order valence-corrected chi connectivity index (χ2v) is 14.1. The van der Waals surface area contributed by atoms with Crippen LogP contribution in [0.4, 0.5) is 14.6 Å². The van der Waals surface area contributed by atoms with Crippen molar-refractivity contribution in [2.75, 3.05) is 44.9 Å². The second-order valence-electron chi connectivity index (χ2n) is 12.2. The molecule has 4 aromatic rings. The van der Waals surface area contributed by atoms with Gasteiger partial charge in [-0.15, -0.1) is 5.10 Å². The van der Waals surface area contributed by atoms with E-state index in [1.165, 1.54) is 11.8 Å². The number of thioether (sulfide) groups is 1. The first-order valence-corrected chi connectivity index (χ1v) is 16.7. The van der Waals surface area contributed by atoms with Crippen molar-refractivity contribution in [3.8, 4) is 11.3 Å². The third-order valence-corrected chi connectivity index (χ3v) is 10.7. The molecular weight excluding hydrogens is 675 g/mol. The van der Waals surface area contributed by atoms with Gasteiger partial charge >= 0.3 is 0 Å². The van der Waals surface area contributed by atoms with Gasteiger partial charge in [0.2, 0.25) is 0 Å². The summed E-state index contributed by atoms with van der Waals surface area (Å²) in [5.74, 6) is -0.976. The minimum absolute atomic E-state index is 0.185. The molecule has 4 aliphatic heterocycles. The average molecular weight is 705 g/mol. The number of methoxy groups -OCH3 is 1. The lowest BCUT2D eigenvalue weighted by Crippen LogP contribution is -2.66. The molecule has 4 aliphatic rings. The van der Waals surface area contributed by atoms with E-state index >= 15 is 0 Å². The predicted molar refractivity (Wildman–Crippen MR) is 169 cm³/mol.